The molecule has 7 nitrogen and oxygen atoms in total. The van der Waals surface area contributed by atoms with Crippen molar-refractivity contribution in [2.24, 2.45) is 0 Å². The molecule has 1 atom stereocenters. The van der Waals surface area contributed by atoms with Gasteiger partial charge in [-0.2, -0.15) is 0 Å². The maximum absolute atomic E-state index is 13.5. The minimum absolute atomic E-state index is 0.0579. The van der Waals surface area contributed by atoms with Crippen LogP contribution in [0.1, 0.15) is 58.1 Å². The first-order chi connectivity index (χ1) is 17.1. The van der Waals surface area contributed by atoms with Crippen LogP contribution in [0.5, 0.6) is 0 Å². The van der Waals surface area contributed by atoms with Crippen LogP contribution in [-0.2, 0) is 26.2 Å². The Labute approximate surface area is 231 Å². The summed E-state index contributed by atoms with van der Waals surface area (Å²) in [5, 5.41) is 3.84. The smallest absolute Gasteiger partial charge is 0.243 e. The van der Waals surface area contributed by atoms with Gasteiger partial charge in [0.25, 0.3) is 0 Å². The Kier molecular flexibility index (Phi) is 10.9. The van der Waals surface area contributed by atoms with Gasteiger partial charge in [-0.3, -0.25) is 13.9 Å². The van der Waals surface area contributed by atoms with Crippen LogP contribution in [-0.4, -0.2) is 49.5 Å². The molecule has 2 amide bonds. The fraction of sp³-hybridized carbons (Fsp3) is 0.481. The van der Waals surface area contributed by atoms with E-state index in [2.05, 4.69) is 5.32 Å². The molecule has 1 N–H and O–H groups in total. The second-order valence-corrected chi connectivity index (χ2v) is 12.9. The molecule has 0 aromatic heterocycles. The Morgan fingerprint density at radius 2 is 1.68 bits per heavy atom. The average Bonchev–Trinajstić information content (AvgIpc) is 2.76. The zero-order valence-corrected chi connectivity index (χ0v) is 24.7. The number of benzene rings is 2. The molecule has 0 aliphatic heterocycles. The molecular weight excluding hydrogens is 533 g/mol. The van der Waals surface area contributed by atoms with E-state index in [0.717, 1.165) is 11.8 Å². The van der Waals surface area contributed by atoms with Crippen LogP contribution in [0.4, 0.5) is 5.69 Å². The number of nitrogens with zero attached hydrogens (tertiary/aromatic N) is 2. The van der Waals surface area contributed by atoms with Gasteiger partial charge < -0.3 is 10.2 Å². The van der Waals surface area contributed by atoms with Crippen molar-refractivity contribution < 1.29 is 18.0 Å². The molecule has 0 saturated carbocycles. The number of rotatable bonds is 11. The van der Waals surface area contributed by atoms with Crippen LogP contribution >= 0.6 is 23.2 Å². The monoisotopic (exact) mass is 569 g/mol. The first-order valence-corrected chi connectivity index (χ1v) is 14.8. The Bertz CT molecular complexity index is 1200. The van der Waals surface area contributed by atoms with E-state index < -0.39 is 21.6 Å². The normalized spacial score (nSPS) is 12.6. The molecule has 0 aliphatic rings. The number of anilines is 1. The van der Waals surface area contributed by atoms with Crippen LogP contribution < -0.4 is 9.62 Å². The van der Waals surface area contributed by atoms with E-state index in [1.165, 1.54) is 9.21 Å². The number of nitrogens with one attached hydrogen (secondary N) is 1. The predicted octanol–water partition coefficient (Wildman–Crippen LogP) is 5.57. The molecule has 0 aliphatic carbocycles. The van der Waals surface area contributed by atoms with Crippen molar-refractivity contribution >= 4 is 50.7 Å². The Morgan fingerprint density at radius 3 is 2.19 bits per heavy atom. The summed E-state index contributed by atoms with van der Waals surface area (Å²) < 4.78 is 26.2. The third-order valence-corrected chi connectivity index (χ3v) is 7.50. The van der Waals surface area contributed by atoms with Crippen molar-refractivity contribution in [1.29, 1.82) is 0 Å². The van der Waals surface area contributed by atoms with Gasteiger partial charge in [0.2, 0.25) is 21.8 Å². The summed E-state index contributed by atoms with van der Waals surface area (Å²) in [6.45, 7) is 9.67. The van der Waals surface area contributed by atoms with Gasteiger partial charge in [0.1, 0.15) is 6.04 Å². The first kappa shape index (κ1) is 30.9. The molecule has 0 bridgehead atoms. The highest BCUT2D eigenvalue weighted by atomic mass is 35.5. The molecule has 0 spiro atoms. The maximum atomic E-state index is 13.5. The summed E-state index contributed by atoms with van der Waals surface area (Å²) in [5.41, 5.74) is 1.75. The number of hydrogen-bond donors (Lipinski definition) is 1. The van der Waals surface area contributed by atoms with E-state index in [4.69, 9.17) is 23.2 Å². The third kappa shape index (κ3) is 9.51. The molecule has 0 fully saturated rings. The Hall–Kier alpha value is -2.29. The zero-order valence-electron chi connectivity index (χ0n) is 22.3. The van der Waals surface area contributed by atoms with Gasteiger partial charge in [0.15, 0.2) is 0 Å². The highest BCUT2D eigenvalue weighted by Crippen LogP contribution is 2.25. The molecule has 1 unspecified atom stereocenters. The lowest BCUT2D eigenvalue weighted by molar-refractivity contribution is -0.142. The standard InChI is InChI=1S/C27H37Cl2N3O4S/c1-7-24(26(34)30-27(3,4)5)31(18-20-12-13-21(28)17-23(20)29)25(33)9-8-16-32(37(6,35)36)22-14-10-19(2)11-15-22/h10-15,17,24H,7-9,16,18H2,1-6H3,(H,30,34). The van der Waals surface area contributed by atoms with Crippen LogP contribution in [0.2, 0.25) is 10.0 Å². The number of carbonyl (C=O) groups is 2. The number of amides is 2. The van der Waals surface area contributed by atoms with Crippen LogP contribution in [0.25, 0.3) is 0 Å². The molecule has 0 heterocycles. The molecule has 2 aromatic carbocycles. The van der Waals surface area contributed by atoms with Crippen molar-refractivity contribution in [2.75, 3.05) is 17.1 Å². The lowest BCUT2D eigenvalue weighted by atomic mass is 10.0. The molecule has 2 aromatic rings. The summed E-state index contributed by atoms with van der Waals surface area (Å²) in [5.74, 6) is -0.523. The fourth-order valence-corrected chi connectivity index (χ4v) is 5.35. The molecule has 2 rings (SSSR count). The van der Waals surface area contributed by atoms with Gasteiger partial charge in [-0.05, 0) is 70.4 Å². The molecule has 0 radical (unpaired) electrons. The fourth-order valence-electron chi connectivity index (χ4n) is 3.92. The van der Waals surface area contributed by atoms with Crippen molar-refractivity contribution in [3.63, 3.8) is 0 Å². The molecule has 37 heavy (non-hydrogen) atoms. The minimum atomic E-state index is -3.55. The van der Waals surface area contributed by atoms with E-state index >= 15 is 0 Å². The first-order valence-electron chi connectivity index (χ1n) is 12.2. The van der Waals surface area contributed by atoms with Gasteiger partial charge in [-0.25, -0.2) is 8.42 Å². The van der Waals surface area contributed by atoms with Crippen molar-refractivity contribution in [3.05, 3.63) is 63.6 Å². The topological polar surface area (TPSA) is 86.8 Å². The highest BCUT2D eigenvalue weighted by Gasteiger charge is 2.31. The lowest BCUT2D eigenvalue weighted by Crippen LogP contribution is -2.53. The van der Waals surface area contributed by atoms with E-state index in [-0.39, 0.29) is 37.7 Å². The summed E-state index contributed by atoms with van der Waals surface area (Å²) in [6, 6.07) is 11.5. The van der Waals surface area contributed by atoms with Crippen molar-refractivity contribution in [1.82, 2.24) is 10.2 Å². The van der Waals surface area contributed by atoms with E-state index in [1.54, 1.807) is 30.3 Å². The number of sulfonamides is 1. The van der Waals surface area contributed by atoms with Crippen molar-refractivity contribution in [3.8, 4) is 0 Å². The SMILES string of the molecule is CCC(C(=O)NC(C)(C)C)N(Cc1ccc(Cl)cc1Cl)C(=O)CCCN(c1ccc(C)cc1)S(C)(=O)=O. The highest BCUT2D eigenvalue weighted by molar-refractivity contribution is 7.92. The predicted molar refractivity (Wildman–Crippen MR) is 152 cm³/mol. The minimum Gasteiger partial charge on any atom is -0.350 e. The second kappa shape index (κ2) is 13.0. The number of hydrogen-bond acceptors (Lipinski definition) is 4. The van der Waals surface area contributed by atoms with Crippen LogP contribution in [0.15, 0.2) is 42.5 Å². The number of halogens is 2. The van der Waals surface area contributed by atoms with Crippen LogP contribution in [0, 0.1) is 6.92 Å². The van der Waals surface area contributed by atoms with E-state index in [9.17, 15) is 18.0 Å². The van der Waals surface area contributed by atoms with Crippen molar-refractivity contribution in [2.45, 2.75) is 72.0 Å². The third-order valence-electron chi connectivity index (χ3n) is 5.71. The molecule has 10 heteroatoms. The average molecular weight is 571 g/mol. The molecular formula is C27H37Cl2N3O4S. The van der Waals surface area contributed by atoms with Gasteiger partial charge in [0, 0.05) is 35.1 Å². The maximum Gasteiger partial charge on any atom is 0.243 e. The summed E-state index contributed by atoms with van der Waals surface area (Å²) in [6.07, 6.45) is 1.88. The van der Waals surface area contributed by atoms with Gasteiger partial charge in [0.05, 0.1) is 11.9 Å². The molecule has 204 valence electrons. The second-order valence-electron chi connectivity index (χ2n) is 10.2. The van der Waals surface area contributed by atoms with E-state index in [1.807, 2.05) is 46.8 Å². The molecule has 0 saturated heterocycles. The van der Waals surface area contributed by atoms with Gasteiger partial charge in [-0.15, -0.1) is 0 Å². The Balaban J connectivity index is 2.27. The summed E-state index contributed by atoms with van der Waals surface area (Å²) >= 11 is 12.4. The van der Waals surface area contributed by atoms with Gasteiger partial charge in [-0.1, -0.05) is 53.9 Å². The lowest BCUT2D eigenvalue weighted by Gasteiger charge is -2.33. The van der Waals surface area contributed by atoms with E-state index in [0.29, 0.717) is 27.7 Å². The van der Waals surface area contributed by atoms with Gasteiger partial charge >= 0.3 is 0 Å². The quantitative estimate of drug-likeness (QED) is 0.383. The summed E-state index contributed by atoms with van der Waals surface area (Å²) in [4.78, 5) is 28.2. The Morgan fingerprint density at radius 1 is 1.05 bits per heavy atom. The summed E-state index contributed by atoms with van der Waals surface area (Å²) in [7, 11) is -3.55. The number of aryl methyl sites for hydroxylation is 1. The number of carbonyl (C=O) groups excluding carboxylic acids is 2. The largest absolute Gasteiger partial charge is 0.350 e. The van der Waals surface area contributed by atoms with Crippen LogP contribution in [0.3, 0.4) is 0 Å². The zero-order chi connectivity index (χ0) is 28.0.